The molecule has 0 aliphatic carbocycles. The standard InChI is InChI=1S/C20H29N3O3/c1-4-14-5-7-15(8-6-14)22-20(25)23-11-16-9-17(18(12-23)26-16)19(24)21-10-13(2)3/h5-8,13,16-18H,4,9-12H2,1-3H3,(H,21,24)(H,22,25)/t16-,17+,18-/m1/s1. The van der Waals surface area contributed by atoms with Crippen molar-refractivity contribution in [1.29, 1.82) is 0 Å². The minimum atomic E-state index is -0.214. The van der Waals surface area contributed by atoms with Gasteiger partial charge >= 0.3 is 6.03 Å². The molecule has 0 aromatic heterocycles. The maximum absolute atomic E-state index is 12.6. The van der Waals surface area contributed by atoms with Crippen LogP contribution < -0.4 is 10.6 Å². The van der Waals surface area contributed by atoms with E-state index in [2.05, 4.69) is 31.4 Å². The largest absolute Gasteiger partial charge is 0.370 e. The normalized spacial score (nSPS) is 24.6. The molecule has 2 saturated heterocycles. The fraction of sp³-hybridized carbons (Fsp3) is 0.600. The summed E-state index contributed by atoms with van der Waals surface area (Å²) in [5.74, 6) is 0.297. The zero-order valence-corrected chi connectivity index (χ0v) is 15.8. The number of anilines is 1. The number of carbonyl (C=O) groups is 2. The molecular weight excluding hydrogens is 330 g/mol. The van der Waals surface area contributed by atoms with E-state index in [1.54, 1.807) is 4.90 Å². The second-order valence-corrected chi connectivity index (χ2v) is 7.66. The minimum absolute atomic E-state index is 0.0450. The monoisotopic (exact) mass is 359 g/mol. The molecule has 1 aromatic carbocycles. The number of nitrogens with zero attached hydrogens (tertiary/aromatic N) is 1. The maximum atomic E-state index is 12.6. The summed E-state index contributed by atoms with van der Waals surface area (Å²) in [6.45, 7) is 7.90. The van der Waals surface area contributed by atoms with Crippen LogP contribution in [0.2, 0.25) is 0 Å². The Bertz CT molecular complexity index is 644. The van der Waals surface area contributed by atoms with Crippen molar-refractivity contribution in [2.75, 3.05) is 25.0 Å². The molecule has 3 amide bonds. The number of hydrogen-bond acceptors (Lipinski definition) is 3. The molecule has 0 spiro atoms. The van der Waals surface area contributed by atoms with Gasteiger partial charge in [0.05, 0.1) is 18.1 Å². The number of hydrogen-bond donors (Lipinski definition) is 2. The Kier molecular flexibility index (Phi) is 5.81. The third kappa shape index (κ3) is 4.36. The summed E-state index contributed by atoms with van der Waals surface area (Å²) in [7, 11) is 0. The number of urea groups is 1. The number of aryl methyl sites for hydroxylation is 1. The lowest BCUT2D eigenvalue weighted by Crippen LogP contribution is -2.49. The summed E-state index contributed by atoms with van der Waals surface area (Å²) in [6, 6.07) is 7.76. The molecule has 2 N–H and O–H groups in total. The van der Waals surface area contributed by atoms with Gasteiger partial charge in [0.1, 0.15) is 0 Å². The van der Waals surface area contributed by atoms with Crippen LogP contribution in [0.25, 0.3) is 0 Å². The van der Waals surface area contributed by atoms with Gasteiger partial charge in [0.25, 0.3) is 0 Å². The van der Waals surface area contributed by atoms with Gasteiger partial charge < -0.3 is 20.3 Å². The predicted molar refractivity (Wildman–Crippen MR) is 101 cm³/mol. The molecule has 6 nitrogen and oxygen atoms in total. The molecule has 26 heavy (non-hydrogen) atoms. The number of amides is 3. The Balaban J connectivity index is 1.56. The molecule has 3 atom stereocenters. The maximum Gasteiger partial charge on any atom is 0.322 e. The van der Waals surface area contributed by atoms with Crippen LogP contribution in [-0.4, -0.2) is 48.7 Å². The van der Waals surface area contributed by atoms with Gasteiger partial charge in [-0.3, -0.25) is 4.79 Å². The van der Waals surface area contributed by atoms with Crippen molar-refractivity contribution in [3.63, 3.8) is 0 Å². The quantitative estimate of drug-likeness (QED) is 0.849. The first-order chi connectivity index (χ1) is 12.5. The molecule has 0 radical (unpaired) electrons. The van der Waals surface area contributed by atoms with E-state index in [1.807, 2.05) is 24.3 Å². The Morgan fingerprint density at radius 2 is 1.96 bits per heavy atom. The van der Waals surface area contributed by atoms with Gasteiger partial charge in [-0.05, 0) is 36.5 Å². The van der Waals surface area contributed by atoms with Crippen LogP contribution in [0.1, 0.15) is 32.8 Å². The summed E-state index contributed by atoms with van der Waals surface area (Å²) < 4.78 is 5.92. The lowest BCUT2D eigenvalue weighted by atomic mass is 9.99. The van der Waals surface area contributed by atoms with Crippen LogP contribution in [0.5, 0.6) is 0 Å². The number of likely N-dealkylation sites (tertiary alicyclic amines) is 1. The highest BCUT2D eigenvalue weighted by molar-refractivity contribution is 5.89. The van der Waals surface area contributed by atoms with Crippen molar-refractivity contribution in [1.82, 2.24) is 10.2 Å². The molecular formula is C20H29N3O3. The van der Waals surface area contributed by atoms with E-state index in [4.69, 9.17) is 4.74 Å². The van der Waals surface area contributed by atoms with Crippen molar-refractivity contribution in [2.24, 2.45) is 11.8 Å². The molecule has 0 saturated carbocycles. The topological polar surface area (TPSA) is 70.7 Å². The van der Waals surface area contributed by atoms with Crippen molar-refractivity contribution < 1.29 is 14.3 Å². The number of benzene rings is 1. The average Bonchev–Trinajstić information content (AvgIpc) is 2.94. The highest BCUT2D eigenvalue weighted by Crippen LogP contribution is 2.32. The van der Waals surface area contributed by atoms with Crippen molar-refractivity contribution >= 4 is 17.6 Å². The molecule has 1 aromatic rings. The van der Waals surface area contributed by atoms with Gasteiger partial charge in [0.15, 0.2) is 0 Å². The van der Waals surface area contributed by atoms with E-state index < -0.39 is 0 Å². The summed E-state index contributed by atoms with van der Waals surface area (Å²) in [5.41, 5.74) is 2.03. The molecule has 0 unspecified atom stereocenters. The number of fused-ring (bicyclic) bond motifs is 2. The zero-order chi connectivity index (χ0) is 18.7. The van der Waals surface area contributed by atoms with Crippen LogP contribution in [0.3, 0.4) is 0 Å². The second-order valence-electron chi connectivity index (χ2n) is 7.66. The van der Waals surface area contributed by atoms with Crippen molar-refractivity contribution in [3.05, 3.63) is 29.8 Å². The van der Waals surface area contributed by atoms with Crippen LogP contribution in [0.4, 0.5) is 10.5 Å². The summed E-state index contributed by atoms with van der Waals surface area (Å²) in [4.78, 5) is 26.8. The van der Waals surface area contributed by atoms with E-state index in [0.29, 0.717) is 32.0 Å². The highest BCUT2D eigenvalue weighted by Gasteiger charge is 2.45. The Morgan fingerprint density at radius 3 is 2.62 bits per heavy atom. The van der Waals surface area contributed by atoms with Gasteiger partial charge in [-0.15, -0.1) is 0 Å². The molecule has 2 aliphatic rings. The molecule has 142 valence electrons. The zero-order valence-electron chi connectivity index (χ0n) is 15.8. The van der Waals surface area contributed by atoms with E-state index in [0.717, 1.165) is 12.1 Å². The van der Waals surface area contributed by atoms with Crippen LogP contribution in [-0.2, 0) is 16.0 Å². The fourth-order valence-electron chi connectivity index (χ4n) is 3.56. The van der Waals surface area contributed by atoms with E-state index >= 15 is 0 Å². The summed E-state index contributed by atoms with van der Waals surface area (Å²) >= 11 is 0. The van der Waals surface area contributed by atoms with Crippen LogP contribution in [0.15, 0.2) is 24.3 Å². The molecule has 2 fully saturated rings. The average molecular weight is 359 g/mol. The lowest BCUT2D eigenvalue weighted by Gasteiger charge is -2.32. The number of nitrogens with one attached hydrogen (secondary N) is 2. The smallest absolute Gasteiger partial charge is 0.322 e. The third-order valence-electron chi connectivity index (χ3n) is 5.08. The molecule has 2 bridgehead atoms. The van der Waals surface area contributed by atoms with E-state index in [1.165, 1.54) is 5.56 Å². The van der Waals surface area contributed by atoms with E-state index in [-0.39, 0.29) is 30.1 Å². The predicted octanol–water partition coefficient (Wildman–Crippen LogP) is 2.64. The number of ether oxygens (including phenoxy) is 1. The summed E-state index contributed by atoms with van der Waals surface area (Å²) in [6.07, 6.45) is 1.39. The van der Waals surface area contributed by atoms with Gasteiger partial charge in [-0.1, -0.05) is 32.9 Å². The number of carbonyl (C=O) groups excluding carboxylic acids is 2. The van der Waals surface area contributed by atoms with Crippen LogP contribution >= 0.6 is 0 Å². The molecule has 2 aliphatic heterocycles. The number of morpholine rings is 1. The highest BCUT2D eigenvalue weighted by atomic mass is 16.5. The van der Waals surface area contributed by atoms with Gasteiger partial charge in [0, 0.05) is 25.3 Å². The Morgan fingerprint density at radius 1 is 1.23 bits per heavy atom. The minimum Gasteiger partial charge on any atom is -0.370 e. The number of rotatable bonds is 5. The third-order valence-corrected chi connectivity index (χ3v) is 5.08. The SMILES string of the molecule is CCc1ccc(NC(=O)N2C[C@H]3C[C@H](C(=O)NCC(C)C)[C@@H](C2)O3)cc1. The summed E-state index contributed by atoms with van der Waals surface area (Å²) in [5, 5.41) is 5.94. The van der Waals surface area contributed by atoms with Gasteiger partial charge in [-0.2, -0.15) is 0 Å². The Hall–Kier alpha value is -2.08. The van der Waals surface area contributed by atoms with Crippen molar-refractivity contribution in [3.8, 4) is 0 Å². The van der Waals surface area contributed by atoms with E-state index in [9.17, 15) is 9.59 Å². The molecule has 6 heteroatoms. The first-order valence-electron chi connectivity index (χ1n) is 9.54. The van der Waals surface area contributed by atoms with Gasteiger partial charge in [0.2, 0.25) is 5.91 Å². The van der Waals surface area contributed by atoms with Crippen LogP contribution in [0, 0.1) is 11.8 Å². The fourth-order valence-corrected chi connectivity index (χ4v) is 3.56. The second kappa shape index (κ2) is 8.08. The first-order valence-corrected chi connectivity index (χ1v) is 9.54. The first kappa shape index (κ1) is 18.7. The Labute approximate surface area is 155 Å². The van der Waals surface area contributed by atoms with Crippen molar-refractivity contribution in [2.45, 2.75) is 45.8 Å². The molecule has 2 heterocycles. The van der Waals surface area contributed by atoms with Gasteiger partial charge in [-0.25, -0.2) is 4.79 Å². The molecule has 3 rings (SSSR count). The lowest BCUT2D eigenvalue weighted by molar-refractivity contribution is -0.127.